The van der Waals surface area contributed by atoms with Crippen LogP contribution in [0.5, 0.6) is 0 Å². The van der Waals surface area contributed by atoms with Crippen LogP contribution in [0.25, 0.3) is 0 Å². The van der Waals surface area contributed by atoms with Crippen LogP contribution in [0.15, 0.2) is 18.3 Å². The number of carbonyl (C=O) groups excluding carboxylic acids is 1. The molecule has 0 unspecified atom stereocenters. The van der Waals surface area contributed by atoms with Crippen LogP contribution in [-0.2, 0) is 0 Å². The molecule has 0 saturated heterocycles. The average Bonchev–Trinajstić information content (AvgIpc) is 2.26. The number of hydrogen-bond acceptors (Lipinski definition) is 4. The van der Waals surface area contributed by atoms with E-state index in [1.54, 1.807) is 13.1 Å². The summed E-state index contributed by atoms with van der Waals surface area (Å²) >= 11 is 0. The molecule has 1 rings (SSSR count). The number of rotatable bonds is 5. The van der Waals surface area contributed by atoms with E-state index in [1.807, 2.05) is 33.3 Å². The van der Waals surface area contributed by atoms with Gasteiger partial charge < -0.3 is 9.80 Å². The fraction of sp³-hybridized carbons (Fsp3) is 0.500. The number of pyridine rings is 1. The minimum absolute atomic E-state index is 0.0509. The SMILES string of the molecule is CC(=O)c1ccc(N(C)CCN(C)C)nc1. The topological polar surface area (TPSA) is 36.4 Å². The zero-order valence-electron chi connectivity index (χ0n) is 10.4. The largest absolute Gasteiger partial charge is 0.358 e. The van der Waals surface area contributed by atoms with Crippen molar-refractivity contribution in [3.8, 4) is 0 Å². The zero-order valence-corrected chi connectivity index (χ0v) is 10.4. The third-order valence-corrected chi connectivity index (χ3v) is 2.43. The predicted molar refractivity (Wildman–Crippen MR) is 66.1 cm³/mol. The van der Waals surface area contributed by atoms with Gasteiger partial charge in [0.25, 0.3) is 0 Å². The number of likely N-dealkylation sites (N-methyl/N-ethyl adjacent to an activating group) is 2. The van der Waals surface area contributed by atoms with Gasteiger partial charge in [-0.1, -0.05) is 0 Å². The molecule has 4 heteroatoms. The lowest BCUT2D eigenvalue weighted by Crippen LogP contribution is -2.28. The molecule has 1 aromatic heterocycles. The first-order chi connectivity index (χ1) is 7.50. The average molecular weight is 221 g/mol. The second kappa shape index (κ2) is 5.61. The standard InChI is InChI=1S/C12H19N3O/c1-10(16)11-5-6-12(13-9-11)15(4)8-7-14(2)3/h5-6,9H,7-8H2,1-4H3. The summed E-state index contributed by atoms with van der Waals surface area (Å²) in [5.41, 5.74) is 0.657. The Kier molecular flexibility index (Phi) is 4.43. The number of aromatic nitrogens is 1. The monoisotopic (exact) mass is 221 g/mol. The molecule has 0 bridgehead atoms. The van der Waals surface area contributed by atoms with Gasteiger partial charge in [-0.25, -0.2) is 4.98 Å². The van der Waals surface area contributed by atoms with Crippen molar-refractivity contribution in [3.05, 3.63) is 23.9 Å². The van der Waals surface area contributed by atoms with Gasteiger partial charge in [0.1, 0.15) is 5.82 Å². The van der Waals surface area contributed by atoms with Gasteiger partial charge in [0.05, 0.1) is 0 Å². The molecule has 0 saturated carbocycles. The van der Waals surface area contributed by atoms with Crippen molar-refractivity contribution in [3.63, 3.8) is 0 Å². The first kappa shape index (κ1) is 12.6. The summed E-state index contributed by atoms with van der Waals surface area (Å²) in [4.78, 5) is 19.5. The molecule has 1 heterocycles. The Balaban J connectivity index is 2.63. The van der Waals surface area contributed by atoms with E-state index in [9.17, 15) is 4.79 Å². The Labute approximate surface area is 96.9 Å². The molecule has 0 aliphatic heterocycles. The van der Waals surface area contributed by atoms with E-state index in [2.05, 4.69) is 14.8 Å². The van der Waals surface area contributed by atoms with Crippen molar-refractivity contribution in [2.45, 2.75) is 6.92 Å². The summed E-state index contributed by atoms with van der Waals surface area (Å²) in [5, 5.41) is 0. The molecule has 0 radical (unpaired) electrons. The van der Waals surface area contributed by atoms with E-state index in [0.29, 0.717) is 5.56 Å². The minimum Gasteiger partial charge on any atom is -0.358 e. The Morgan fingerprint density at radius 1 is 1.25 bits per heavy atom. The van der Waals surface area contributed by atoms with Crippen LogP contribution in [-0.4, -0.2) is 49.9 Å². The Bertz CT molecular complexity index is 346. The fourth-order valence-electron chi connectivity index (χ4n) is 1.28. The van der Waals surface area contributed by atoms with E-state index in [0.717, 1.165) is 18.9 Å². The number of ketones is 1. The molecular weight excluding hydrogens is 202 g/mol. The normalized spacial score (nSPS) is 10.6. The van der Waals surface area contributed by atoms with E-state index >= 15 is 0 Å². The molecule has 0 fully saturated rings. The Morgan fingerprint density at radius 3 is 2.38 bits per heavy atom. The number of Topliss-reactive ketones (excluding diaryl/α,β-unsaturated/α-hetero) is 1. The summed E-state index contributed by atoms with van der Waals surface area (Å²) in [5.74, 6) is 0.946. The summed E-state index contributed by atoms with van der Waals surface area (Å²) < 4.78 is 0. The van der Waals surface area contributed by atoms with E-state index in [4.69, 9.17) is 0 Å². The summed E-state index contributed by atoms with van der Waals surface area (Å²) in [6.45, 7) is 3.44. The highest BCUT2D eigenvalue weighted by atomic mass is 16.1. The molecule has 0 spiro atoms. The maximum absolute atomic E-state index is 11.1. The third kappa shape index (κ3) is 3.62. The highest BCUT2D eigenvalue weighted by molar-refractivity contribution is 5.93. The lowest BCUT2D eigenvalue weighted by atomic mass is 10.2. The molecule has 0 aromatic carbocycles. The van der Waals surface area contributed by atoms with Crippen molar-refractivity contribution < 1.29 is 4.79 Å². The van der Waals surface area contributed by atoms with Crippen LogP contribution in [0.1, 0.15) is 17.3 Å². The molecular formula is C12H19N3O. The molecule has 0 atom stereocenters. The summed E-state index contributed by atoms with van der Waals surface area (Å²) in [6.07, 6.45) is 1.63. The molecule has 1 aromatic rings. The van der Waals surface area contributed by atoms with Crippen LogP contribution in [0.4, 0.5) is 5.82 Å². The quantitative estimate of drug-likeness (QED) is 0.702. The molecule has 0 N–H and O–H groups in total. The number of nitrogens with zero attached hydrogens (tertiary/aromatic N) is 3. The first-order valence-electron chi connectivity index (χ1n) is 5.33. The highest BCUT2D eigenvalue weighted by Gasteiger charge is 2.04. The van der Waals surface area contributed by atoms with Crippen LogP contribution in [0.2, 0.25) is 0 Å². The van der Waals surface area contributed by atoms with E-state index < -0.39 is 0 Å². The van der Waals surface area contributed by atoms with Crippen LogP contribution in [0, 0.1) is 0 Å². The molecule has 0 amide bonds. The van der Waals surface area contributed by atoms with Gasteiger partial charge in [0.2, 0.25) is 0 Å². The molecule has 88 valence electrons. The van der Waals surface area contributed by atoms with Gasteiger partial charge in [-0.15, -0.1) is 0 Å². The van der Waals surface area contributed by atoms with E-state index in [-0.39, 0.29) is 5.78 Å². The first-order valence-corrected chi connectivity index (χ1v) is 5.33. The highest BCUT2D eigenvalue weighted by Crippen LogP contribution is 2.09. The third-order valence-electron chi connectivity index (χ3n) is 2.43. The van der Waals surface area contributed by atoms with Crippen molar-refractivity contribution in [1.82, 2.24) is 9.88 Å². The summed E-state index contributed by atoms with van der Waals surface area (Å²) in [7, 11) is 6.08. The van der Waals surface area contributed by atoms with Crippen molar-refractivity contribution >= 4 is 11.6 Å². The smallest absolute Gasteiger partial charge is 0.161 e. The molecule has 0 aliphatic carbocycles. The number of hydrogen-bond donors (Lipinski definition) is 0. The van der Waals surface area contributed by atoms with Gasteiger partial charge >= 0.3 is 0 Å². The van der Waals surface area contributed by atoms with Gasteiger partial charge in [0, 0.05) is 31.9 Å². The predicted octanol–water partition coefficient (Wildman–Crippen LogP) is 1.28. The Morgan fingerprint density at radius 2 is 1.94 bits per heavy atom. The fourth-order valence-corrected chi connectivity index (χ4v) is 1.28. The van der Waals surface area contributed by atoms with Crippen molar-refractivity contribution in [2.75, 3.05) is 39.1 Å². The second-order valence-electron chi connectivity index (χ2n) is 4.19. The zero-order chi connectivity index (χ0) is 12.1. The van der Waals surface area contributed by atoms with E-state index in [1.165, 1.54) is 0 Å². The van der Waals surface area contributed by atoms with Gasteiger partial charge in [-0.3, -0.25) is 4.79 Å². The lowest BCUT2D eigenvalue weighted by molar-refractivity contribution is 0.101. The second-order valence-corrected chi connectivity index (χ2v) is 4.19. The lowest BCUT2D eigenvalue weighted by Gasteiger charge is -2.20. The summed E-state index contributed by atoms with van der Waals surface area (Å²) in [6, 6.07) is 3.70. The Hall–Kier alpha value is -1.42. The maximum atomic E-state index is 11.1. The molecule has 16 heavy (non-hydrogen) atoms. The van der Waals surface area contributed by atoms with Gasteiger partial charge in [-0.2, -0.15) is 0 Å². The van der Waals surface area contributed by atoms with Gasteiger partial charge in [-0.05, 0) is 33.2 Å². The maximum Gasteiger partial charge on any atom is 0.161 e. The van der Waals surface area contributed by atoms with Crippen molar-refractivity contribution in [1.29, 1.82) is 0 Å². The van der Waals surface area contributed by atoms with Crippen LogP contribution in [0.3, 0.4) is 0 Å². The minimum atomic E-state index is 0.0509. The molecule has 4 nitrogen and oxygen atoms in total. The van der Waals surface area contributed by atoms with Crippen molar-refractivity contribution in [2.24, 2.45) is 0 Å². The van der Waals surface area contributed by atoms with Crippen LogP contribution < -0.4 is 4.90 Å². The molecule has 0 aliphatic rings. The number of carbonyl (C=O) groups is 1. The number of anilines is 1. The van der Waals surface area contributed by atoms with Gasteiger partial charge in [0.15, 0.2) is 5.78 Å². The van der Waals surface area contributed by atoms with Crippen LogP contribution >= 0.6 is 0 Å².